The molecule has 2 aromatic heterocycles. The molecule has 0 aliphatic carbocycles. The highest BCUT2D eigenvalue weighted by atomic mass is 32.2. The van der Waals surface area contributed by atoms with E-state index in [0.717, 1.165) is 16.0 Å². The molecule has 4 aromatic rings. The van der Waals surface area contributed by atoms with E-state index < -0.39 is 0 Å². The normalized spacial score (nSPS) is 10.8. The van der Waals surface area contributed by atoms with E-state index in [1.807, 2.05) is 0 Å². The summed E-state index contributed by atoms with van der Waals surface area (Å²) in [6.07, 6.45) is 1.45. The van der Waals surface area contributed by atoms with Crippen LogP contribution in [0.4, 0.5) is 10.1 Å². The third-order valence-electron chi connectivity index (χ3n) is 4.06. The molecule has 0 bridgehead atoms. The maximum atomic E-state index is 13.2. The fourth-order valence-corrected chi connectivity index (χ4v) is 4.37. The Morgan fingerprint density at radius 2 is 1.90 bits per heavy atom. The second kappa shape index (κ2) is 8.54. The lowest BCUT2D eigenvalue weighted by molar-refractivity contribution is -0.113. The maximum absolute atomic E-state index is 13.2. The van der Waals surface area contributed by atoms with E-state index in [0.29, 0.717) is 21.9 Å². The first-order valence-electron chi connectivity index (χ1n) is 8.57. The molecule has 6 nitrogen and oxygen atoms in total. The lowest BCUT2D eigenvalue weighted by atomic mass is 10.1. The van der Waals surface area contributed by atoms with Gasteiger partial charge in [-0.15, -0.1) is 0 Å². The molecule has 4 rings (SSSR count). The molecule has 0 fully saturated rings. The van der Waals surface area contributed by atoms with Gasteiger partial charge in [-0.2, -0.15) is 4.37 Å². The first kappa shape index (κ1) is 19.3. The van der Waals surface area contributed by atoms with E-state index in [9.17, 15) is 9.18 Å². The molecule has 29 heavy (non-hydrogen) atoms. The van der Waals surface area contributed by atoms with Crippen molar-refractivity contribution >= 4 is 45.1 Å². The number of hydrogen-bond acceptors (Lipinski definition) is 7. The van der Waals surface area contributed by atoms with Crippen LogP contribution in [0.25, 0.3) is 21.5 Å². The van der Waals surface area contributed by atoms with Crippen molar-refractivity contribution in [1.82, 2.24) is 14.3 Å². The molecule has 0 saturated heterocycles. The Labute approximate surface area is 174 Å². The third-order valence-corrected chi connectivity index (χ3v) is 6.02. The van der Waals surface area contributed by atoms with E-state index in [1.54, 1.807) is 43.5 Å². The van der Waals surface area contributed by atoms with Gasteiger partial charge in [-0.25, -0.2) is 14.4 Å². The average molecular weight is 426 g/mol. The Bertz CT molecular complexity index is 1150. The average Bonchev–Trinajstić information content (AvgIpc) is 3.18. The predicted octanol–water partition coefficient (Wildman–Crippen LogP) is 4.63. The summed E-state index contributed by atoms with van der Waals surface area (Å²) in [7, 11) is 1.59. The number of aromatic nitrogens is 3. The van der Waals surface area contributed by atoms with Crippen molar-refractivity contribution in [3.05, 3.63) is 60.7 Å². The van der Waals surface area contributed by atoms with Gasteiger partial charge in [0.1, 0.15) is 38.8 Å². The lowest BCUT2D eigenvalue weighted by Gasteiger charge is -2.06. The number of halogens is 1. The topological polar surface area (TPSA) is 77.0 Å². The van der Waals surface area contributed by atoms with E-state index in [2.05, 4.69) is 19.7 Å². The minimum atomic E-state index is -0.304. The van der Waals surface area contributed by atoms with E-state index in [1.165, 1.54) is 41.8 Å². The number of nitrogens with zero attached hydrogens (tertiary/aromatic N) is 3. The van der Waals surface area contributed by atoms with Gasteiger partial charge < -0.3 is 10.1 Å². The summed E-state index contributed by atoms with van der Waals surface area (Å²) in [4.78, 5) is 20.9. The fraction of sp³-hybridized carbons (Fsp3) is 0.100. The zero-order chi connectivity index (χ0) is 20.2. The molecule has 0 unspecified atom stereocenters. The quantitative estimate of drug-likeness (QED) is 0.358. The van der Waals surface area contributed by atoms with Crippen LogP contribution in [0.2, 0.25) is 0 Å². The Balaban J connectivity index is 1.48. The number of ether oxygens (including phenoxy) is 1. The molecule has 0 aliphatic rings. The second-order valence-corrected chi connectivity index (χ2v) is 7.70. The SMILES string of the molecule is COc1ccc(NC(=O)CSc2ncnc3c(-c4ccc(F)cc4)nsc23)cc1. The molecular formula is C20H15FN4O2S2. The predicted molar refractivity (Wildman–Crippen MR) is 113 cm³/mol. The van der Waals surface area contributed by atoms with E-state index in [-0.39, 0.29) is 17.5 Å². The lowest BCUT2D eigenvalue weighted by Crippen LogP contribution is -2.14. The minimum absolute atomic E-state index is 0.143. The number of nitrogens with one attached hydrogen (secondary N) is 1. The summed E-state index contributed by atoms with van der Waals surface area (Å²) < 4.78 is 23.5. The van der Waals surface area contributed by atoms with Crippen LogP contribution in [0.3, 0.4) is 0 Å². The van der Waals surface area contributed by atoms with Crippen LogP contribution in [0.1, 0.15) is 0 Å². The molecule has 0 saturated carbocycles. The summed E-state index contributed by atoms with van der Waals surface area (Å²) in [6, 6.07) is 13.2. The summed E-state index contributed by atoms with van der Waals surface area (Å²) in [6.45, 7) is 0. The van der Waals surface area contributed by atoms with Gasteiger partial charge in [0, 0.05) is 11.3 Å². The summed E-state index contributed by atoms with van der Waals surface area (Å²) in [5, 5.41) is 3.53. The van der Waals surface area contributed by atoms with Crippen molar-refractivity contribution in [2.75, 3.05) is 18.2 Å². The number of amides is 1. The van der Waals surface area contributed by atoms with Gasteiger partial charge in [0.15, 0.2) is 0 Å². The fourth-order valence-electron chi connectivity index (χ4n) is 2.65. The van der Waals surface area contributed by atoms with Crippen LogP contribution >= 0.6 is 23.3 Å². The molecule has 0 spiro atoms. The number of rotatable bonds is 6. The van der Waals surface area contributed by atoms with Crippen molar-refractivity contribution in [2.45, 2.75) is 5.03 Å². The smallest absolute Gasteiger partial charge is 0.234 e. The molecule has 2 heterocycles. The first-order chi connectivity index (χ1) is 14.1. The third kappa shape index (κ3) is 4.36. The molecule has 0 radical (unpaired) electrons. The Hall–Kier alpha value is -3.04. The van der Waals surface area contributed by atoms with Crippen molar-refractivity contribution < 1.29 is 13.9 Å². The number of fused-ring (bicyclic) bond motifs is 1. The zero-order valence-electron chi connectivity index (χ0n) is 15.3. The van der Waals surface area contributed by atoms with Gasteiger partial charge in [-0.05, 0) is 60.1 Å². The summed E-state index contributed by atoms with van der Waals surface area (Å²) in [5.74, 6) is 0.474. The van der Waals surface area contributed by atoms with Crippen molar-refractivity contribution in [3.63, 3.8) is 0 Å². The van der Waals surface area contributed by atoms with Crippen molar-refractivity contribution in [2.24, 2.45) is 0 Å². The first-order valence-corrected chi connectivity index (χ1v) is 10.3. The molecule has 0 atom stereocenters. The highest BCUT2D eigenvalue weighted by molar-refractivity contribution is 8.00. The zero-order valence-corrected chi connectivity index (χ0v) is 16.9. The van der Waals surface area contributed by atoms with Gasteiger partial charge in [0.25, 0.3) is 0 Å². The number of carbonyl (C=O) groups is 1. The number of hydrogen-bond donors (Lipinski definition) is 1. The van der Waals surface area contributed by atoms with Gasteiger partial charge >= 0.3 is 0 Å². The van der Waals surface area contributed by atoms with Gasteiger partial charge in [-0.1, -0.05) is 11.8 Å². The molecule has 2 aromatic carbocycles. The van der Waals surface area contributed by atoms with E-state index >= 15 is 0 Å². The van der Waals surface area contributed by atoms with Crippen molar-refractivity contribution in [3.8, 4) is 17.0 Å². The summed E-state index contributed by atoms with van der Waals surface area (Å²) in [5.41, 5.74) is 2.84. The van der Waals surface area contributed by atoms with Crippen LogP contribution < -0.4 is 10.1 Å². The molecule has 1 amide bonds. The van der Waals surface area contributed by atoms with Crippen LogP contribution in [0, 0.1) is 5.82 Å². The largest absolute Gasteiger partial charge is 0.497 e. The number of carbonyl (C=O) groups excluding carboxylic acids is 1. The molecular weight excluding hydrogens is 411 g/mol. The number of thioether (sulfide) groups is 1. The van der Waals surface area contributed by atoms with Crippen LogP contribution in [-0.2, 0) is 4.79 Å². The monoisotopic (exact) mass is 426 g/mol. The Morgan fingerprint density at radius 3 is 2.62 bits per heavy atom. The Morgan fingerprint density at radius 1 is 1.14 bits per heavy atom. The van der Waals surface area contributed by atoms with Crippen molar-refractivity contribution in [1.29, 1.82) is 0 Å². The molecule has 1 N–H and O–H groups in total. The highest BCUT2D eigenvalue weighted by Gasteiger charge is 2.15. The summed E-state index contributed by atoms with van der Waals surface area (Å²) >= 11 is 2.58. The van der Waals surface area contributed by atoms with Crippen LogP contribution in [-0.4, -0.2) is 33.1 Å². The minimum Gasteiger partial charge on any atom is -0.497 e. The number of anilines is 1. The number of methoxy groups -OCH3 is 1. The second-order valence-electron chi connectivity index (χ2n) is 5.96. The maximum Gasteiger partial charge on any atom is 0.234 e. The molecule has 0 aliphatic heterocycles. The molecule has 9 heteroatoms. The van der Waals surface area contributed by atoms with Gasteiger partial charge in [-0.3, -0.25) is 4.79 Å². The highest BCUT2D eigenvalue weighted by Crippen LogP contribution is 2.34. The van der Waals surface area contributed by atoms with Gasteiger partial charge in [0.2, 0.25) is 5.91 Å². The number of benzene rings is 2. The van der Waals surface area contributed by atoms with E-state index in [4.69, 9.17) is 4.74 Å². The van der Waals surface area contributed by atoms with Gasteiger partial charge in [0.05, 0.1) is 12.9 Å². The standard InChI is InChI=1S/C20H15FN4O2S2/c1-27-15-8-6-14(7-9-15)24-16(26)10-28-20-19-18(22-11-23-20)17(25-29-19)12-2-4-13(21)5-3-12/h2-9,11H,10H2,1H3,(H,24,26). The van der Waals surface area contributed by atoms with Crippen LogP contribution in [0.15, 0.2) is 59.9 Å². The molecule has 146 valence electrons. The van der Waals surface area contributed by atoms with Crippen LogP contribution in [0.5, 0.6) is 5.75 Å². The Kier molecular flexibility index (Phi) is 5.68.